The summed E-state index contributed by atoms with van der Waals surface area (Å²) >= 11 is 6.86. The Labute approximate surface area is 293 Å². The third-order valence-corrected chi connectivity index (χ3v) is 12.2. The first-order valence-corrected chi connectivity index (χ1v) is 18.7. The predicted octanol–water partition coefficient (Wildman–Crippen LogP) is 5.23. The van der Waals surface area contributed by atoms with Crippen LogP contribution in [0.4, 0.5) is 0 Å². The van der Waals surface area contributed by atoms with Gasteiger partial charge in [-0.25, -0.2) is 20.0 Å². The zero-order chi connectivity index (χ0) is 32.5. The molecule has 0 unspecified atom stereocenters. The van der Waals surface area contributed by atoms with E-state index in [-0.39, 0.29) is 0 Å². The molecule has 5 aliphatic rings. The van der Waals surface area contributed by atoms with E-state index in [9.17, 15) is 0 Å². The Hall–Kier alpha value is -4.88. The van der Waals surface area contributed by atoms with Crippen molar-refractivity contribution < 1.29 is 18.3 Å². The first-order valence-electron chi connectivity index (χ1n) is 15.2. The molecule has 5 aliphatic heterocycles. The molecule has 0 fully saturated rings. The normalized spacial score (nSPS) is 18.2. The number of nitrogens with zero attached hydrogens (tertiary/aromatic N) is 8. The average molecular weight is 701 g/mol. The lowest BCUT2D eigenvalue weighted by Crippen LogP contribution is -2.23. The molecule has 9 rings (SSSR count). The Kier molecular flexibility index (Phi) is 6.94. The molecule has 0 aromatic carbocycles. The molecule has 0 amide bonds. The highest BCUT2D eigenvalue weighted by molar-refractivity contribution is 7.13. The van der Waals surface area contributed by atoms with Gasteiger partial charge in [0.05, 0.1) is 51.2 Å². The number of aryl methyl sites for hydroxylation is 4. The van der Waals surface area contributed by atoms with E-state index in [0.717, 1.165) is 87.4 Å². The average Bonchev–Trinajstić information content (AvgIpc) is 3.88. The predicted molar refractivity (Wildman–Crippen MR) is 196 cm³/mol. The summed E-state index contributed by atoms with van der Waals surface area (Å²) in [6, 6.07) is 0. The Balaban J connectivity index is 1.42. The zero-order valence-corrected chi connectivity index (χ0v) is 29.7. The summed E-state index contributed by atoms with van der Waals surface area (Å²) in [5.74, 6) is 0. The van der Waals surface area contributed by atoms with Gasteiger partial charge in [0.2, 0.25) is 22.0 Å². The highest BCUT2D eigenvalue weighted by Crippen LogP contribution is 2.47. The van der Waals surface area contributed by atoms with Crippen LogP contribution >= 0.6 is 45.3 Å². The molecule has 4 aromatic rings. The highest BCUT2D eigenvalue weighted by atomic mass is 32.1. The number of hydrogen-bond acceptors (Lipinski definition) is 8. The van der Waals surface area contributed by atoms with Gasteiger partial charge in [-0.2, -0.15) is 18.3 Å². The van der Waals surface area contributed by atoms with Crippen LogP contribution in [-0.4, -0.2) is 22.8 Å². The second-order valence-electron chi connectivity index (χ2n) is 12.0. The summed E-state index contributed by atoms with van der Waals surface area (Å²) in [7, 11) is 8.27. The van der Waals surface area contributed by atoms with Crippen molar-refractivity contribution in [1.29, 1.82) is 0 Å². The van der Waals surface area contributed by atoms with Gasteiger partial charge in [-0.05, 0) is 48.6 Å². The van der Waals surface area contributed by atoms with Crippen LogP contribution in [0.25, 0.3) is 22.3 Å². The number of hydrogen-bond donors (Lipinski definition) is 0. The lowest BCUT2D eigenvalue weighted by Gasteiger charge is -2.12. The zero-order valence-electron chi connectivity index (χ0n) is 26.4. The lowest BCUT2D eigenvalue weighted by atomic mass is 9.94. The van der Waals surface area contributed by atoms with Crippen molar-refractivity contribution in [2.45, 2.75) is 0 Å². The maximum absolute atomic E-state index is 5.58. The van der Waals surface area contributed by atoms with E-state index in [1.165, 1.54) is 0 Å². The molecule has 0 spiro atoms. The fourth-order valence-electron chi connectivity index (χ4n) is 6.09. The first kappa shape index (κ1) is 29.3. The molecule has 0 N–H and O–H groups in total. The molecule has 0 saturated carbocycles. The molecule has 232 valence electrons. The van der Waals surface area contributed by atoms with Gasteiger partial charge in [0.1, 0.15) is 47.7 Å². The first-order chi connectivity index (χ1) is 23.3. The van der Waals surface area contributed by atoms with E-state index in [2.05, 4.69) is 118 Å². The van der Waals surface area contributed by atoms with Gasteiger partial charge in [0.25, 0.3) is 0 Å². The van der Waals surface area contributed by atoms with E-state index in [1.54, 1.807) is 45.3 Å². The number of thiazole rings is 4. The molecule has 8 nitrogen and oxygen atoms in total. The molecule has 48 heavy (non-hydrogen) atoms. The van der Waals surface area contributed by atoms with Crippen molar-refractivity contribution in [3.63, 3.8) is 0 Å². The Morgan fingerprint density at radius 1 is 0.458 bits per heavy atom. The van der Waals surface area contributed by atoms with Crippen LogP contribution < -0.4 is 18.3 Å². The minimum Gasteiger partial charge on any atom is -0.249 e. The van der Waals surface area contributed by atoms with Crippen LogP contribution in [0.1, 0.15) is 19.5 Å². The van der Waals surface area contributed by atoms with Crippen LogP contribution in [0.2, 0.25) is 0 Å². The molecule has 8 bridgehead atoms. The van der Waals surface area contributed by atoms with Crippen LogP contribution in [0, 0.1) is 0 Å². The van der Waals surface area contributed by atoms with Gasteiger partial charge in [-0.3, -0.25) is 0 Å². The van der Waals surface area contributed by atoms with E-state index in [4.69, 9.17) is 20.0 Å². The second kappa shape index (κ2) is 11.4. The molecular weight excluding hydrogens is 673 g/mol. The van der Waals surface area contributed by atoms with E-state index in [0.29, 0.717) is 0 Å². The number of fused-ring (bicyclic) bond motifs is 4. The summed E-state index contributed by atoms with van der Waals surface area (Å²) in [4.78, 5) is 25.4. The minimum atomic E-state index is 0.853. The fraction of sp³-hybridized carbons (Fsp3) is 0.111. The van der Waals surface area contributed by atoms with Crippen molar-refractivity contribution in [2.75, 3.05) is 0 Å². The number of allylic oxidation sites excluding steroid dienone is 12. The number of aromatic nitrogens is 4. The molecule has 0 atom stereocenters. The standard InChI is InChI=1S/C36H28N8S4/c1-41-13-28(45-17-41)26-11-25-10-23-6-5-21(37-23)9-22-7-8-24(38-22)12-27-32(29-14-42(2)18-46-29)33(30-15-43(3)19-47-30)36(40-27)34(35(26)39-25)31-16-44(4)20-48-31/h5-20H,1-4H3/q+4. The van der Waals surface area contributed by atoms with Crippen molar-refractivity contribution in [3.05, 3.63) is 138 Å². The van der Waals surface area contributed by atoms with Crippen LogP contribution in [0.5, 0.6) is 0 Å². The van der Waals surface area contributed by atoms with E-state index >= 15 is 0 Å². The number of aliphatic imine (C=N–C) groups is 4. The molecule has 4 aromatic heterocycles. The smallest absolute Gasteiger partial charge is 0.225 e. The van der Waals surface area contributed by atoms with E-state index in [1.807, 2.05) is 24.3 Å². The minimum absolute atomic E-state index is 0.853. The fourth-order valence-corrected chi connectivity index (χ4v) is 9.59. The SMILES string of the molecule is C[n+]1csc(C2=CC3=CC4=NC(=CC5=NC(=CC6=NC(=C(c7c[n+](C)cs7)C2=N3)C(c2c[n+](C)cs2)=C6c2c[n+](C)cs2)C=C5)C=C4)c1. The Bertz CT molecular complexity index is 2490. The summed E-state index contributed by atoms with van der Waals surface area (Å²) in [5, 5.41) is 0. The summed E-state index contributed by atoms with van der Waals surface area (Å²) < 4.78 is 8.43. The largest absolute Gasteiger partial charge is 0.249 e. The third-order valence-electron chi connectivity index (χ3n) is 8.15. The van der Waals surface area contributed by atoms with Crippen molar-refractivity contribution >= 4 is 90.5 Å². The van der Waals surface area contributed by atoms with Crippen LogP contribution in [0.15, 0.2) is 138 Å². The van der Waals surface area contributed by atoms with E-state index < -0.39 is 0 Å². The quantitative estimate of drug-likeness (QED) is 0.262. The Morgan fingerprint density at radius 3 is 1.52 bits per heavy atom. The third kappa shape index (κ3) is 5.17. The summed E-state index contributed by atoms with van der Waals surface area (Å²) in [5.41, 5.74) is 19.8. The molecule has 12 heteroatoms. The highest BCUT2D eigenvalue weighted by Gasteiger charge is 2.37. The van der Waals surface area contributed by atoms with Crippen LogP contribution in [-0.2, 0) is 28.2 Å². The second-order valence-corrected chi connectivity index (χ2v) is 15.5. The van der Waals surface area contributed by atoms with Crippen molar-refractivity contribution in [3.8, 4) is 0 Å². The van der Waals surface area contributed by atoms with Crippen molar-refractivity contribution in [2.24, 2.45) is 48.2 Å². The van der Waals surface area contributed by atoms with Gasteiger partial charge in [0, 0.05) is 16.7 Å². The molecule has 0 saturated heterocycles. The molecule has 0 radical (unpaired) electrons. The summed E-state index contributed by atoms with van der Waals surface area (Å²) in [6.45, 7) is 0. The maximum atomic E-state index is 5.58. The number of rotatable bonds is 4. The van der Waals surface area contributed by atoms with Gasteiger partial charge < -0.3 is 0 Å². The van der Waals surface area contributed by atoms with Crippen molar-refractivity contribution in [1.82, 2.24) is 0 Å². The van der Waals surface area contributed by atoms with Gasteiger partial charge in [0.15, 0.2) is 24.8 Å². The van der Waals surface area contributed by atoms with Gasteiger partial charge in [-0.1, -0.05) is 45.3 Å². The van der Waals surface area contributed by atoms with Gasteiger partial charge in [-0.15, -0.1) is 0 Å². The van der Waals surface area contributed by atoms with Gasteiger partial charge >= 0.3 is 0 Å². The molecular formula is C36H28N8S4+4. The summed E-state index contributed by atoms with van der Waals surface area (Å²) in [6.07, 6.45) is 25.3. The monoisotopic (exact) mass is 700 g/mol. The maximum Gasteiger partial charge on any atom is 0.225 e. The molecule has 9 heterocycles. The van der Waals surface area contributed by atoms with Crippen LogP contribution in [0.3, 0.4) is 0 Å². The molecule has 0 aliphatic carbocycles. The topological polar surface area (TPSA) is 65.0 Å². The lowest BCUT2D eigenvalue weighted by molar-refractivity contribution is -0.666. The Morgan fingerprint density at radius 2 is 0.958 bits per heavy atom.